The quantitative estimate of drug-likeness (QED) is 0.681. The number of nitrogens with one attached hydrogen (secondary N) is 2. The maximum Gasteiger partial charge on any atom is 0.256 e. The highest BCUT2D eigenvalue weighted by Gasteiger charge is 2.22. The van der Waals surface area contributed by atoms with Gasteiger partial charge in [-0.05, 0) is 36.8 Å². The van der Waals surface area contributed by atoms with E-state index in [1.165, 1.54) is 6.42 Å². The van der Waals surface area contributed by atoms with Crippen molar-refractivity contribution in [2.45, 2.75) is 65.0 Å². The Morgan fingerprint density at radius 1 is 1.13 bits per heavy atom. The van der Waals surface area contributed by atoms with E-state index in [1.54, 1.807) is 29.4 Å². The molecule has 1 saturated carbocycles. The standard InChI is InChI=1S/C24H32N4O3/c1-17(2)14-28-15-20(23(30)26-12-10-18-7-6-11-25-13-18)22(29)21(16-28)24(31)27-19-8-4-3-5-9-19/h6-7,11,13,15-17,19H,3-5,8-10,12,14H2,1-2H3,(H,26,30)(H,27,31). The fraction of sp³-hybridized carbons (Fsp3) is 0.500. The number of carbonyl (C=O) groups excluding carboxylic acids is 2. The van der Waals surface area contributed by atoms with Gasteiger partial charge < -0.3 is 15.2 Å². The summed E-state index contributed by atoms with van der Waals surface area (Å²) in [6, 6.07) is 3.87. The first kappa shape index (κ1) is 22.7. The largest absolute Gasteiger partial charge is 0.352 e. The van der Waals surface area contributed by atoms with Gasteiger partial charge in [-0.2, -0.15) is 0 Å². The zero-order chi connectivity index (χ0) is 22.2. The topological polar surface area (TPSA) is 93.1 Å². The van der Waals surface area contributed by atoms with Crippen molar-refractivity contribution in [1.29, 1.82) is 0 Å². The van der Waals surface area contributed by atoms with Gasteiger partial charge in [0.1, 0.15) is 11.1 Å². The molecule has 1 aliphatic rings. The van der Waals surface area contributed by atoms with Crippen molar-refractivity contribution in [2.75, 3.05) is 6.54 Å². The molecule has 0 aliphatic heterocycles. The summed E-state index contributed by atoms with van der Waals surface area (Å²) < 4.78 is 1.78. The minimum Gasteiger partial charge on any atom is -0.352 e. The molecule has 0 bridgehead atoms. The molecule has 0 unspecified atom stereocenters. The molecule has 0 saturated heterocycles. The predicted molar refractivity (Wildman–Crippen MR) is 120 cm³/mol. The van der Waals surface area contributed by atoms with Gasteiger partial charge in [0.2, 0.25) is 5.43 Å². The Morgan fingerprint density at radius 2 is 1.84 bits per heavy atom. The van der Waals surface area contributed by atoms with Crippen molar-refractivity contribution in [2.24, 2.45) is 5.92 Å². The van der Waals surface area contributed by atoms with E-state index in [0.29, 0.717) is 25.4 Å². The SMILES string of the molecule is CC(C)Cn1cc(C(=O)NCCc2cccnc2)c(=O)c(C(=O)NC2CCCCC2)c1. The number of hydrogen-bond acceptors (Lipinski definition) is 4. The normalized spacial score (nSPS) is 14.4. The molecule has 0 spiro atoms. The van der Waals surface area contributed by atoms with Gasteiger partial charge in [-0.1, -0.05) is 39.2 Å². The summed E-state index contributed by atoms with van der Waals surface area (Å²) in [4.78, 5) is 42.8. The average molecular weight is 425 g/mol. The number of rotatable bonds is 8. The summed E-state index contributed by atoms with van der Waals surface area (Å²) in [5.74, 6) is -0.545. The highest BCUT2D eigenvalue weighted by atomic mass is 16.2. The molecular weight excluding hydrogens is 392 g/mol. The van der Waals surface area contributed by atoms with E-state index in [9.17, 15) is 14.4 Å². The molecular formula is C24H32N4O3. The molecule has 2 N–H and O–H groups in total. The Hall–Kier alpha value is -2.96. The maximum atomic E-state index is 13.0. The molecule has 2 heterocycles. The Bertz CT molecular complexity index is 947. The number of nitrogens with zero attached hydrogens (tertiary/aromatic N) is 2. The summed E-state index contributed by atoms with van der Waals surface area (Å²) in [5, 5.41) is 5.80. The first-order valence-corrected chi connectivity index (χ1v) is 11.2. The molecule has 2 aromatic heterocycles. The van der Waals surface area contributed by atoms with E-state index in [0.717, 1.165) is 31.2 Å². The number of hydrogen-bond donors (Lipinski definition) is 2. The lowest BCUT2D eigenvalue weighted by molar-refractivity contribution is 0.0925. The third kappa shape index (κ3) is 6.51. The van der Waals surface area contributed by atoms with Gasteiger partial charge in [0, 0.05) is 43.9 Å². The Balaban J connectivity index is 1.77. The number of aromatic nitrogens is 2. The fourth-order valence-corrected chi connectivity index (χ4v) is 3.95. The van der Waals surface area contributed by atoms with Crippen LogP contribution in [0.4, 0.5) is 0 Å². The van der Waals surface area contributed by atoms with Gasteiger partial charge in [-0.25, -0.2) is 0 Å². The second-order valence-electron chi connectivity index (χ2n) is 8.68. The van der Waals surface area contributed by atoms with Gasteiger partial charge in [0.15, 0.2) is 0 Å². The lowest BCUT2D eigenvalue weighted by Gasteiger charge is -2.23. The van der Waals surface area contributed by atoms with Crippen LogP contribution < -0.4 is 16.1 Å². The molecule has 3 rings (SSSR count). The first-order valence-electron chi connectivity index (χ1n) is 11.2. The second kappa shape index (κ2) is 10.9. The van der Waals surface area contributed by atoms with Crippen LogP contribution in [0.5, 0.6) is 0 Å². The van der Waals surface area contributed by atoms with Crippen LogP contribution in [0.3, 0.4) is 0 Å². The van der Waals surface area contributed by atoms with Crippen molar-refractivity contribution in [3.05, 3.63) is 63.8 Å². The van der Waals surface area contributed by atoms with Crippen molar-refractivity contribution in [1.82, 2.24) is 20.2 Å². The molecule has 7 heteroatoms. The Kier molecular flexibility index (Phi) is 7.98. The minimum absolute atomic E-state index is 0.00290. The number of pyridine rings is 2. The average Bonchev–Trinajstić information content (AvgIpc) is 2.75. The number of carbonyl (C=O) groups is 2. The van der Waals surface area contributed by atoms with Crippen molar-refractivity contribution in [3.8, 4) is 0 Å². The third-order valence-corrected chi connectivity index (χ3v) is 5.51. The van der Waals surface area contributed by atoms with Gasteiger partial charge >= 0.3 is 0 Å². The molecule has 1 fully saturated rings. The van der Waals surface area contributed by atoms with Crippen LogP contribution >= 0.6 is 0 Å². The van der Waals surface area contributed by atoms with Crippen LogP contribution in [0.15, 0.2) is 41.7 Å². The van der Waals surface area contributed by atoms with Crippen molar-refractivity contribution in [3.63, 3.8) is 0 Å². The highest BCUT2D eigenvalue weighted by Crippen LogP contribution is 2.17. The minimum atomic E-state index is -0.521. The lowest BCUT2D eigenvalue weighted by atomic mass is 9.95. The smallest absolute Gasteiger partial charge is 0.256 e. The van der Waals surface area contributed by atoms with Crippen LogP contribution in [-0.2, 0) is 13.0 Å². The lowest BCUT2D eigenvalue weighted by Crippen LogP contribution is -2.40. The van der Waals surface area contributed by atoms with Gasteiger partial charge in [0.25, 0.3) is 11.8 Å². The summed E-state index contributed by atoms with van der Waals surface area (Å²) in [5.41, 5.74) is 0.516. The Morgan fingerprint density at radius 3 is 2.48 bits per heavy atom. The van der Waals surface area contributed by atoms with Crippen LogP contribution in [0, 0.1) is 5.92 Å². The molecule has 2 amide bonds. The summed E-state index contributed by atoms with van der Waals surface area (Å²) in [6.45, 7) is 5.09. The predicted octanol–water partition coefficient (Wildman–Crippen LogP) is 2.93. The maximum absolute atomic E-state index is 13.0. The van der Waals surface area contributed by atoms with Gasteiger partial charge in [0.05, 0.1) is 0 Å². The molecule has 31 heavy (non-hydrogen) atoms. The molecule has 0 atom stereocenters. The third-order valence-electron chi connectivity index (χ3n) is 5.51. The van der Waals surface area contributed by atoms with E-state index in [2.05, 4.69) is 15.6 Å². The van der Waals surface area contributed by atoms with E-state index < -0.39 is 11.3 Å². The Labute approximate surface area is 183 Å². The molecule has 0 aromatic carbocycles. The summed E-state index contributed by atoms with van der Waals surface area (Å²) in [6.07, 6.45) is 12.4. The van der Waals surface area contributed by atoms with Crippen molar-refractivity contribution >= 4 is 11.8 Å². The molecule has 166 valence electrons. The first-order chi connectivity index (χ1) is 14.9. The molecule has 1 aliphatic carbocycles. The highest BCUT2D eigenvalue weighted by molar-refractivity contribution is 5.99. The second-order valence-corrected chi connectivity index (χ2v) is 8.68. The van der Waals surface area contributed by atoms with E-state index in [1.807, 2.05) is 26.0 Å². The fourth-order valence-electron chi connectivity index (χ4n) is 3.95. The molecule has 2 aromatic rings. The van der Waals surface area contributed by atoms with Crippen LogP contribution in [0.1, 0.15) is 72.2 Å². The van der Waals surface area contributed by atoms with Gasteiger partial charge in [-0.15, -0.1) is 0 Å². The zero-order valence-corrected chi connectivity index (χ0v) is 18.4. The van der Waals surface area contributed by atoms with Crippen LogP contribution in [0.25, 0.3) is 0 Å². The molecule has 7 nitrogen and oxygen atoms in total. The van der Waals surface area contributed by atoms with E-state index in [4.69, 9.17) is 0 Å². The molecule has 0 radical (unpaired) electrons. The monoisotopic (exact) mass is 424 g/mol. The van der Waals surface area contributed by atoms with E-state index in [-0.39, 0.29) is 23.1 Å². The summed E-state index contributed by atoms with van der Waals surface area (Å²) >= 11 is 0. The van der Waals surface area contributed by atoms with Crippen molar-refractivity contribution < 1.29 is 9.59 Å². The van der Waals surface area contributed by atoms with E-state index >= 15 is 0 Å². The number of amides is 2. The zero-order valence-electron chi connectivity index (χ0n) is 18.4. The van der Waals surface area contributed by atoms with Crippen LogP contribution in [-0.4, -0.2) is 34.0 Å². The summed E-state index contributed by atoms with van der Waals surface area (Å²) in [7, 11) is 0. The van der Waals surface area contributed by atoms with Crippen LogP contribution in [0.2, 0.25) is 0 Å². The van der Waals surface area contributed by atoms with Gasteiger partial charge in [-0.3, -0.25) is 19.4 Å².